The molecule has 3 aromatic rings. The van der Waals surface area contributed by atoms with Crippen molar-refractivity contribution in [2.75, 3.05) is 26.2 Å². The quantitative estimate of drug-likeness (QED) is 0.373. The van der Waals surface area contributed by atoms with Crippen molar-refractivity contribution in [1.29, 1.82) is 0 Å². The number of carbonyl (C=O) groups excluding carboxylic acids is 1. The molecular weight excluding hydrogens is 432 g/mol. The minimum Gasteiger partial charge on any atom is -0.502 e. The van der Waals surface area contributed by atoms with Gasteiger partial charge in [0, 0.05) is 24.2 Å². The molecule has 0 aliphatic carbocycles. The number of benzene rings is 2. The van der Waals surface area contributed by atoms with Crippen LogP contribution in [0.2, 0.25) is 0 Å². The van der Waals surface area contributed by atoms with E-state index in [2.05, 4.69) is 32.0 Å². The number of rotatable bonds is 7. The summed E-state index contributed by atoms with van der Waals surface area (Å²) < 4.78 is 16.3. The van der Waals surface area contributed by atoms with Crippen molar-refractivity contribution in [2.45, 2.75) is 39.7 Å². The Kier molecular flexibility index (Phi) is 7.24. The number of nitrogens with zero attached hydrogens (tertiary/aromatic N) is 4. The summed E-state index contributed by atoms with van der Waals surface area (Å²) in [6.07, 6.45) is 1.68. The summed E-state index contributed by atoms with van der Waals surface area (Å²) in [6, 6.07) is 11.5. The lowest BCUT2D eigenvalue weighted by Gasteiger charge is -2.18. The van der Waals surface area contributed by atoms with E-state index in [0.717, 1.165) is 31.5 Å². The van der Waals surface area contributed by atoms with Crippen molar-refractivity contribution in [3.8, 4) is 28.6 Å². The topological polar surface area (TPSA) is 82.1 Å². The Bertz CT molecular complexity index is 1210. The van der Waals surface area contributed by atoms with Gasteiger partial charge in [0.15, 0.2) is 0 Å². The minimum absolute atomic E-state index is 0.0215. The molecule has 1 aliphatic heterocycles. The molecule has 0 N–H and O–H groups in total. The first-order chi connectivity index (χ1) is 16.5. The SMILES string of the molecule is [C-]#[N+]c1cc(-c2nc(-c3ccc4c(c3)CCN(CC(=O)OCC)CC4)no2)ccc1OC(C)C. The average molecular weight is 461 g/mol. The van der Waals surface area contributed by atoms with Crippen LogP contribution in [-0.4, -0.2) is 53.4 Å². The van der Waals surface area contributed by atoms with Crippen molar-refractivity contribution in [3.63, 3.8) is 0 Å². The highest BCUT2D eigenvalue weighted by molar-refractivity contribution is 5.71. The molecule has 0 amide bonds. The van der Waals surface area contributed by atoms with E-state index < -0.39 is 0 Å². The lowest BCUT2D eigenvalue weighted by Crippen LogP contribution is -2.33. The molecule has 0 bridgehead atoms. The summed E-state index contributed by atoms with van der Waals surface area (Å²) in [6.45, 7) is 15.4. The third-order valence-electron chi connectivity index (χ3n) is 5.63. The zero-order chi connectivity index (χ0) is 24.1. The highest BCUT2D eigenvalue weighted by atomic mass is 16.5. The second-order valence-electron chi connectivity index (χ2n) is 8.45. The Hall–Kier alpha value is -3.70. The Morgan fingerprint density at radius 2 is 1.91 bits per heavy atom. The van der Waals surface area contributed by atoms with Gasteiger partial charge in [0.25, 0.3) is 5.89 Å². The van der Waals surface area contributed by atoms with Crippen LogP contribution >= 0.6 is 0 Å². The van der Waals surface area contributed by atoms with Gasteiger partial charge in [-0.25, -0.2) is 4.85 Å². The van der Waals surface area contributed by atoms with Crippen LogP contribution in [0.25, 0.3) is 27.7 Å². The monoisotopic (exact) mass is 460 g/mol. The first-order valence-electron chi connectivity index (χ1n) is 11.5. The normalized spacial score (nSPS) is 13.7. The molecule has 34 heavy (non-hydrogen) atoms. The van der Waals surface area contributed by atoms with Gasteiger partial charge < -0.3 is 14.0 Å². The number of hydrogen-bond donors (Lipinski definition) is 0. The third kappa shape index (κ3) is 5.43. The van der Waals surface area contributed by atoms with Gasteiger partial charge in [-0.1, -0.05) is 17.3 Å². The second kappa shape index (κ2) is 10.5. The molecule has 8 heteroatoms. The van der Waals surface area contributed by atoms with Crippen molar-refractivity contribution in [3.05, 3.63) is 58.9 Å². The number of aromatic nitrogens is 2. The molecule has 0 saturated carbocycles. The Labute approximate surface area is 199 Å². The van der Waals surface area contributed by atoms with Gasteiger partial charge in [-0.05, 0) is 69.0 Å². The second-order valence-corrected chi connectivity index (χ2v) is 8.45. The van der Waals surface area contributed by atoms with E-state index in [1.807, 2.05) is 32.9 Å². The van der Waals surface area contributed by atoms with Gasteiger partial charge >= 0.3 is 5.97 Å². The third-order valence-corrected chi connectivity index (χ3v) is 5.63. The lowest BCUT2D eigenvalue weighted by molar-refractivity contribution is -0.144. The molecule has 2 aromatic carbocycles. The first-order valence-corrected chi connectivity index (χ1v) is 11.5. The summed E-state index contributed by atoms with van der Waals surface area (Å²) in [7, 11) is 0. The average Bonchev–Trinajstić information content (AvgIpc) is 3.23. The van der Waals surface area contributed by atoms with Crippen LogP contribution in [0, 0.1) is 6.57 Å². The van der Waals surface area contributed by atoms with E-state index >= 15 is 0 Å². The maximum absolute atomic E-state index is 11.8. The molecule has 0 spiro atoms. The van der Waals surface area contributed by atoms with Crippen molar-refractivity contribution in [2.24, 2.45) is 0 Å². The smallest absolute Gasteiger partial charge is 0.320 e. The molecule has 1 aromatic heterocycles. The molecule has 176 valence electrons. The van der Waals surface area contributed by atoms with E-state index in [0.29, 0.717) is 41.9 Å². The molecule has 0 atom stereocenters. The highest BCUT2D eigenvalue weighted by Gasteiger charge is 2.19. The first kappa shape index (κ1) is 23.5. The molecule has 1 aliphatic rings. The van der Waals surface area contributed by atoms with E-state index in [-0.39, 0.29) is 12.1 Å². The fourth-order valence-electron chi connectivity index (χ4n) is 4.01. The van der Waals surface area contributed by atoms with E-state index in [1.165, 1.54) is 11.1 Å². The van der Waals surface area contributed by atoms with Gasteiger partial charge in [-0.3, -0.25) is 9.69 Å². The number of fused-ring (bicyclic) bond motifs is 1. The minimum atomic E-state index is -0.182. The summed E-state index contributed by atoms with van der Waals surface area (Å²) in [4.78, 5) is 22.1. The molecule has 0 radical (unpaired) electrons. The van der Waals surface area contributed by atoms with Crippen molar-refractivity contribution >= 4 is 11.7 Å². The van der Waals surface area contributed by atoms with Gasteiger partial charge in [0.2, 0.25) is 11.5 Å². The number of carbonyl (C=O) groups is 1. The molecule has 8 nitrogen and oxygen atoms in total. The van der Waals surface area contributed by atoms with Crippen LogP contribution in [-0.2, 0) is 22.4 Å². The molecule has 4 rings (SSSR count). The Morgan fingerprint density at radius 3 is 2.65 bits per heavy atom. The fraction of sp³-hybridized carbons (Fsp3) is 0.385. The van der Waals surface area contributed by atoms with Crippen molar-refractivity contribution < 1.29 is 18.8 Å². The number of esters is 1. The van der Waals surface area contributed by atoms with E-state index in [9.17, 15) is 4.79 Å². The molecule has 0 fully saturated rings. The Balaban J connectivity index is 1.51. The maximum atomic E-state index is 11.8. The number of ether oxygens (including phenoxy) is 2. The van der Waals surface area contributed by atoms with Gasteiger partial charge in [0.05, 0.1) is 25.8 Å². The number of hydrogen-bond acceptors (Lipinski definition) is 7. The van der Waals surface area contributed by atoms with Crippen LogP contribution < -0.4 is 4.74 Å². The predicted molar refractivity (Wildman–Crippen MR) is 128 cm³/mol. The van der Waals surface area contributed by atoms with Crippen LogP contribution in [0.4, 0.5) is 5.69 Å². The van der Waals surface area contributed by atoms with Crippen LogP contribution in [0.1, 0.15) is 31.9 Å². The van der Waals surface area contributed by atoms with E-state index in [4.69, 9.17) is 20.6 Å². The molecular formula is C26H28N4O4. The standard InChI is InChI=1S/C26H28N4O4/c1-5-32-24(31)16-30-12-10-18-6-7-20(14-19(18)11-13-30)25-28-26(34-29-25)21-8-9-23(33-17(2)3)22(15-21)27-4/h6-9,14-15,17H,5,10-13,16H2,1-3H3. The molecule has 0 unspecified atom stereocenters. The summed E-state index contributed by atoms with van der Waals surface area (Å²) in [5.74, 6) is 1.21. The van der Waals surface area contributed by atoms with Crippen molar-refractivity contribution in [1.82, 2.24) is 15.0 Å². The van der Waals surface area contributed by atoms with Gasteiger partial charge in [-0.2, -0.15) is 4.98 Å². The highest BCUT2D eigenvalue weighted by Crippen LogP contribution is 2.34. The molecule has 2 heterocycles. The zero-order valence-electron chi connectivity index (χ0n) is 19.7. The predicted octanol–water partition coefficient (Wildman–Crippen LogP) is 4.71. The zero-order valence-corrected chi connectivity index (χ0v) is 19.7. The van der Waals surface area contributed by atoms with Crippen LogP contribution in [0.3, 0.4) is 0 Å². The lowest BCUT2D eigenvalue weighted by atomic mass is 10.00. The Morgan fingerprint density at radius 1 is 1.15 bits per heavy atom. The maximum Gasteiger partial charge on any atom is 0.320 e. The molecule has 0 saturated heterocycles. The largest absolute Gasteiger partial charge is 0.502 e. The van der Waals surface area contributed by atoms with Crippen LogP contribution in [0.5, 0.6) is 5.75 Å². The fourth-order valence-corrected chi connectivity index (χ4v) is 4.01. The summed E-state index contributed by atoms with van der Waals surface area (Å²) >= 11 is 0. The van der Waals surface area contributed by atoms with Gasteiger partial charge in [-0.15, -0.1) is 0 Å². The van der Waals surface area contributed by atoms with E-state index in [1.54, 1.807) is 12.1 Å². The van der Waals surface area contributed by atoms with Crippen LogP contribution in [0.15, 0.2) is 40.9 Å². The summed E-state index contributed by atoms with van der Waals surface area (Å²) in [5, 5.41) is 4.17. The summed E-state index contributed by atoms with van der Waals surface area (Å²) in [5.41, 5.74) is 4.44. The van der Waals surface area contributed by atoms with Gasteiger partial charge in [0.1, 0.15) is 5.75 Å².